The first-order valence-corrected chi connectivity index (χ1v) is 8.08. The third-order valence-corrected chi connectivity index (χ3v) is 4.83. The zero-order valence-corrected chi connectivity index (χ0v) is 13.1. The average molecular weight is 323 g/mol. The minimum atomic E-state index is -0.151. The highest BCUT2D eigenvalue weighted by atomic mass is 35.5. The summed E-state index contributed by atoms with van der Waals surface area (Å²) in [4.78, 5) is 18.6. The molecular weight excluding hydrogens is 308 g/mol. The van der Waals surface area contributed by atoms with Crippen LogP contribution in [0.15, 0.2) is 29.4 Å². The fraction of sp³-hybridized carbons (Fsp3) is 0.357. The van der Waals surface area contributed by atoms with Crippen molar-refractivity contribution in [3.8, 4) is 0 Å². The lowest BCUT2D eigenvalue weighted by Crippen LogP contribution is -2.28. The van der Waals surface area contributed by atoms with E-state index < -0.39 is 0 Å². The highest BCUT2D eigenvalue weighted by Gasteiger charge is 2.34. The van der Waals surface area contributed by atoms with E-state index in [4.69, 9.17) is 11.6 Å². The molecule has 1 amide bonds. The Balaban J connectivity index is 1.73. The minimum absolute atomic E-state index is 0.0657. The molecule has 0 spiro atoms. The number of hydrogen-bond donors (Lipinski definition) is 1. The Hall–Kier alpha value is -1.53. The molecule has 21 heavy (non-hydrogen) atoms. The van der Waals surface area contributed by atoms with E-state index in [1.54, 1.807) is 11.0 Å². The number of nitrogens with zero attached hydrogens (tertiary/aromatic N) is 3. The summed E-state index contributed by atoms with van der Waals surface area (Å²) in [5, 5.41) is 8.08. The SMILES string of the molecule is CCc1nc(S[C@H]2CCN(c3ccccc3Cl)C2=O)n[nH]1. The molecule has 1 aromatic carbocycles. The topological polar surface area (TPSA) is 61.9 Å². The number of carbonyl (C=O) groups excluding carboxylic acids is 1. The van der Waals surface area contributed by atoms with Gasteiger partial charge in [-0.25, -0.2) is 4.98 Å². The van der Waals surface area contributed by atoms with Crippen LogP contribution >= 0.6 is 23.4 Å². The van der Waals surface area contributed by atoms with Gasteiger partial charge in [-0.05, 0) is 18.6 Å². The van der Waals surface area contributed by atoms with Crippen molar-refractivity contribution in [1.82, 2.24) is 15.2 Å². The summed E-state index contributed by atoms with van der Waals surface area (Å²) >= 11 is 7.58. The molecule has 2 aromatic rings. The number of para-hydroxylation sites is 1. The highest BCUT2D eigenvalue weighted by molar-refractivity contribution is 8.00. The maximum absolute atomic E-state index is 12.5. The van der Waals surface area contributed by atoms with Crippen LogP contribution in [0.2, 0.25) is 5.02 Å². The van der Waals surface area contributed by atoms with Crippen molar-refractivity contribution < 1.29 is 4.79 Å². The van der Waals surface area contributed by atoms with Crippen LogP contribution in [0.3, 0.4) is 0 Å². The first-order chi connectivity index (χ1) is 10.2. The maximum Gasteiger partial charge on any atom is 0.240 e. The predicted molar refractivity (Wildman–Crippen MR) is 83.8 cm³/mol. The third kappa shape index (κ3) is 2.91. The molecule has 110 valence electrons. The summed E-state index contributed by atoms with van der Waals surface area (Å²) in [6, 6.07) is 7.42. The number of aromatic nitrogens is 3. The molecule has 1 fully saturated rings. The smallest absolute Gasteiger partial charge is 0.240 e. The zero-order chi connectivity index (χ0) is 14.8. The van der Waals surface area contributed by atoms with Crippen LogP contribution in [0.25, 0.3) is 0 Å². The molecule has 1 atom stereocenters. The van der Waals surface area contributed by atoms with Crippen LogP contribution in [0, 0.1) is 0 Å². The van der Waals surface area contributed by atoms with Crippen molar-refractivity contribution in [2.45, 2.75) is 30.2 Å². The van der Waals surface area contributed by atoms with Gasteiger partial charge in [0.25, 0.3) is 0 Å². The van der Waals surface area contributed by atoms with Gasteiger partial charge in [-0.15, -0.1) is 5.10 Å². The van der Waals surface area contributed by atoms with Gasteiger partial charge in [-0.3, -0.25) is 9.89 Å². The van der Waals surface area contributed by atoms with Crippen molar-refractivity contribution in [2.75, 3.05) is 11.4 Å². The number of aromatic amines is 1. The molecule has 1 aromatic heterocycles. The van der Waals surface area contributed by atoms with Crippen molar-refractivity contribution in [1.29, 1.82) is 0 Å². The molecule has 0 saturated carbocycles. The second kappa shape index (κ2) is 6.07. The summed E-state index contributed by atoms with van der Waals surface area (Å²) < 4.78 is 0. The van der Waals surface area contributed by atoms with Gasteiger partial charge < -0.3 is 4.90 Å². The van der Waals surface area contributed by atoms with Crippen LogP contribution in [-0.2, 0) is 11.2 Å². The molecule has 1 aliphatic rings. The lowest BCUT2D eigenvalue weighted by molar-refractivity contribution is -0.116. The molecule has 0 unspecified atom stereocenters. The van der Waals surface area contributed by atoms with Gasteiger partial charge in [0, 0.05) is 13.0 Å². The van der Waals surface area contributed by atoms with E-state index in [2.05, 4.69) is 15.2 Å². The van der Waals surface area contributed by atoms with E-state index in [9.17, 15) is 4.79 Å². The average Bonchev–Trinajstić information content (AvgIpc) is 3.08. The number of thioether (sulfide) groups is 1. The molecule has 5 nitrogen and oxygen atoms in total. The van der Waals surface area contributed by atoms with Gasteiger partial charge in [0.1, 0.15) is 5.82 Å². The van der Waals surface area contributed by atoms with Gasteiger partial charge in [-0.1, -0.05) is 42.4 Å². The van der Waals surface area contributed by atoms with Crippen molar-refractivity contribution in [3.05, 3.63) is 35.1 Å². The summed E-state index contributed by atoms with van der Waals surface area (Å²) in [6.45, 7) is 2.68. The lowest BCUT2D eigenvalue weighted by Gasteiger charge is -2.17. The van der Waals surface area contributed by atoms with Crippen LogP contribution in [0.5, 0.6) is 0 Å². The minimum Gasteiger partial charge on any atom is -0.310 e. The van der Waals surface area contributed by atoms with Crippen molar-refractivity contribution >= 4 is 35.0 Å². The Morgan fingerprint density at radius 2 is 2.29 bits per heavy atom. The first kappa shape index (κ1) is 14.4. The van der Waals surface area contributed by atoms with Crippen molar-refractivity contribution in [3.63, 3.8) is 0 Å². The Morgan fingerprint density at radius 3 is 3.00 bits per heavy atom. The fourth-order valence-electron chi connectivity index (χ4n) is 2.29. The van der Waals surface area contributed by atoms with E-state index >= 15 is 0 Å². The third-order valence-electron chi connectivity index (χ3n) is 3.39. The molecular formula is C14H15ClN4OS. The summed E-state index contributed by atoms with van der Waals surface area (Å²) in [5.41, 5.74) is 0.775. The van der Waals surface area contributed by atoms with E-state index in [0.717, 1.165) is 24.4 Å². The second-order valence-corrected chi connectivity index (χ2v) is 6.33. The van der Waals surface area contributed by atoms with Gasteiger partial charge in [0.2, 0.25) is 11.1 Å². The quantitative estimate of drug-likeness (QED) is 0.940. The van der Waals surface area contributed by atoms with Gasteiger partial charge in [0.15, 0.2) is 0 Å². The Morgan fingerprint density at radius 1 is 1.48 bits per heavy atom. The lowest BCUT2D eigenvalue weighted by atomic mass is 10.3. The van der Waals surface area contributed by atoms with Crippen LogP contribution in [0.4, 0.5) is 5.69 Å². The number of H-pyrrole nitrogens is 1. The monoisotopic (exact) mass is 322 g/mol. The normalized spacial score (nSPS) is 18.5. The van der Waals surface area contributed by atoms with Gasteiger partial charge >= 0.3 is 0 Å². The van der Waals surface area contributed by atoms with E-state index in [-0.39, 0.29) is 11.2 Å². The molecule has 2 heterocycles. The standard InChI is InChI=1S/C14H15ClN4OS/c1-2-12-16-14(18-17-12)21-11-7-8-19(13(11)20)10-6-4-3-5-9(10)15/h3-6,11H,2,7-8H2,1H3,(H,16,17,18)/t11-/m0/s1. The predicted octanol–water partition coefficient (Wildman–Crippen LogP) is 2.92. The van der Waals surface area contributed by atoms with Crippen LogP contribution < -0.4 is 4.90 Å². The second-order valence-electron chi connectivity index (χ2n) is 4.75. The van der Waals surface area contributed by atoms with E-state index in [1.165, 1.54) is 11.8 Å². The maximum atomic E-state index is 12.5. The number of benzene rings is 1. The largest absolute Gasteiger partial charge is 0.310 e. The highest BCUT2D eigenvalue weighted by Crippen LogP contribution is 2.34. The number of halogens is 1. The van der Waals surface area contributed by atoms with Gasteiger partial charge in [-0.2, -0.15) is 0 Å². The van der Waals surface area contributed by atoms with Crippen molar-refractivity contribution in [2.24, 2.45) is 0 Å². The Labute approximate surface area is 132 Å². The molecule has 0 aliphatic carbocycles. The number of anilines is 1. The number of nitrogens with one attached hydrogen (secondary N) is 1. The number of rotatable bonds is 4. The Bertz CT molecular complexity index is 660. The molecule has 0 radical (unpaired) electrons. The van der Waals surface area contributed by atoms with Crippen LogP contribution in [0.1, 0.15) is 19.2 Å². The number of aryl methyl sites for hydroxylation is 1. The van der Waals surface area contributed by atoms with E-state index in [0.29, 0.717) is 16.7 Å². The molecule has 7 heteroatoms. The molecule has 1 N–H and O–H groups in total. The zero-order valence-electron chi connectivity index (χ0n) is 11.5. The summed E-state index contributed by atoms with van der Waals surface area (Å²) in [5.74, 6) is 0.904. The van der Waals surface area contributed by atoms with Gasteiger partial charge in [0.05, 0.1) is 16.0 Å². The fourth-order valence-corrected chi connectivity index (χ4v) is 3.49. The summed E-state index contributed by atoms with van der Waals surface area (Å²) in [6.07, 6.45) is 1.57. The number of carbonyl (C=O) groups is 1. The van der Waals surface area contributed by atoms with E-state index in [1.807, 2.05) is 25.1 Å². The molecule has 0 bridgehead atoms. The molecule has 3 rings (SSSR count). The number of hydrogen-bond acceptors (Lipinski definition) is 4. The summed E-state index contributed by atoms with van der Waals surface area (Å²) in [7, 11) is 0. The van der Waals surface area contributed by atoms with Crippen LogP contribution in [-0.4, -0.2) is 32.9 Å². The number of amides is 1. The molecule has 1 aliphatic heterocycles. The Kier molecular flexibility index (Phi) is 4.17. The first-order valence-electron chi connectivity index (χ1n) is 6.83. The molecule has 1 saturated heterocycles.